The minimum absolute atomic E-state index is 0.316. The van der Waals surface area contributed by atoms with Gasteiger partial charge in [0.15, 0.2) is 11.6 Å². The average molecular weight is 402 g/mol. The number of nitrogens with zero attached hydrogens (tertiary/aromatic N) is 5. The molecular weight excluding hydrogens is 385 g/mol. The summed E-state index contributed by atoms with van der Waals surface area (Å²) in [5.74, 6) is 0.0974. The van der Waals surface area contributed by atoms with Crippen molar-refractivity contribution in [2.45, 2.75) is 0 Å². The van der Waals surface area contributed by atoms with Crippen LogP contribution in [0.15, 0.2) is 41.3 Å². The fraction of sp³-hybridized carbons (Fsp3) is 0.278. The second-order valence-corrected chi connectivity index (χ2v) is 7.12. The lowest BCUT2D eigenvalue weighted by molar-refractivity contribution is 0.310. The molecule has 0 atom stereocenters. The molecule has 0 spiro atoms. The first-order valence-electron chi connectivity index (χ1n) is 8.11. The van der Waals surface area contributed by atoms with Crippen molar-refractivity contribution in [1.29, 1.82) is 0 Å². The molecule has 1 aromatic carbocycles. The molecule has 4 rings (SSSR count). The predicted molar refractivity (Wildman–Crippen MR) is 100 cm³/mol. The Hall–Kier alpha value is -2.12. The number of likely N-dealkylation sites (N-methyl/N-ethyl adjacent to an activating group) is 1. The van der Waals surface area contributed by atoms with Gasteiger partial charge in [0.25, 0.3) is 0 Å². The average Bonchev–Trinajstić information content (AvgIpc) is 2.62. The van der Waals surface area contributed by atoms with Crippen LogP contribution >= 0.6 is 15.9 Å². The zero-order valence-electron chi connectivity index (χ0n) is 13.8. The third-order valence-corrected chi connectivity index (χ3v) is 4.99. The fourth-order valence-electron chi connectivity index (χ4n) is 3.07. The van der Waals surface area contributed by atoms with E-state index in [1.54, 1.807) is 6.20 Å². The lowest BCUT2D eigenvalue weighted by Crippen LogP contribution is -2.45. The molecule has 1 fully saturated rings. The Kier molecular flexibility index (Phi) is 4.35. The van der Waals surface area contributed by atoms with E-state index in [-0.39, 0.29) is 5.82 Å². The van der Waals surface area contributed by atoms with Gasteiger partial charge in [0.2, 0.25) is 0 Å². The van der Waals surface area contributed by atoms with E-state index in [0.29, 0.717) is 17.1 Å². The zero-order chi connectivity index (χ0) is 17.4. The second kappa shape index (κ2) is 6.65. The van der Waals surface area contributed by atoms with Gasteiger partial charge in [-0.2, -0.15) is 0 Å². The van der Waals surface area contributed by atoms with Crippen molar-refractivity contribution in [3.05, 3.63) is 47.1 Å². The first-order valence-corrected chi connectivity index (χ1v) is 8.91. The molecule has 0 unspecified atom stereocenters. The van der Waals surface area contributed by atoms with Crippen molar-refractivity contribution in [3.63, 3.8) is 0 Å². The lowest BCUT2D eigenvalue weighted by atomic mass is 10.1. The summed E-state index contributed by atoms with van der Waals surface area (Å²) in [5.41, 5.74) is 2.15. The highest BCUT2D eigenvalue weighted by molar-refractivity contribution is 9.10. The van der Waals surface area contributed by atoms with Crippen LogP contribution in [0.1, 0.15) is 0 Å². The van der Waals surface area contributed by atoms with E-state index in [1.807, 2.05) is 23.1 Å². The first-order chi connectivity index (χ1) is 12.1. The summed E-state index contributed by atoms with van der Waals surface area (Å²) in [5, 5.41) is 0.866. The number of aromatic nitrogens is 3. The molecule has 3 aromatic rings. The molecule has 0 bridgehead atoms. The second-order valence-electron chi connectivity index (χ2n) is 6.20. The van der Waals surface area contributed by atoms with Crippen LogP contribution in [0, 0.1) is 5.82 Å². The van der Waals surface area contributed by atoms with Gasteiger partial charge < -0.3 is 9.80 Å². The van der Waals surface area contributed by atoms with Gasteiger partial charge >= 0.3 is 0 Å². The Morgan fingerprint density at radius 2 is 1.84 bits per heavy atom. The van der Waals surface area contributed by atoms with Crippen LogP contribution in [-0.2, 0) is 0 Å². The van der Waals surface area contributed by atoms with Gasteiger partial charge in [0, 0.05) is 47.8 Å². The molecule has 5 nitrogen and oxygen atoms in total. The summed E-state index contributed by atoms with van der Waals surface area (Å²) < 4.78 is 15.7. The number of anilines is 1. The number of hydrogen-bond acceptors (Lipinski definition) is 5. The summed E-state index contributed by atoms with van der Waals surface area (Å²) in [6, 6.07) is 7.29. The molecule has 1 aliphatic rings. The van der Waals surface area contributed by atoms with Crippen molar-refractivity contribution in [2.75, 3.05) is 38.1 Å². The van der Waals surface area contributed by atoms with Crippen LogP contribution < -0.4 is 4.90 Å². The molecule has 1 saturated heterocycles. The Bertz CT molecular complexity index is 924. The van der Waals surface area contributed by atoms with Crippen LogP contribution in [0.2, 0.25) is 0 Å². The molecule has 0 radical (unpaired) electrons. The van der Waals surface area contributed by atoms with Gasteiger partial charge in [0.05, 0.1) is 11.2 Å². The Balaban J connectivity index is 1.73. The minimum Gasteiger partial charge on any atom is -0.352 e. The molecule has 128 valence electrons. The van der Waals surface area contributed by atoms with Crippen LogP contribution in [0.4, 0.5) is 10.2 Å². The first kappa shape index (κ1) is 16.4. The maximum absolute atomic E-state index is 14.7. The molecule has 3 heterocycles. The molecule has 1 aliphatic heterocycles. The predicted octanol–water partition coefficient (Wildman–Crippen LogP) is 3.35. The number of pyridine rings is 1. The molecule has 0 N–H and O–H groups in total. The summed E-state index contributed by atoms with van der Waals surface area (Å²) in [7, 11) is 2.07. The normalized spacial score (nSPS) is 15.7. The van der Waals surface area contributed by atoms with Crippen LogP contribution in [0.5, 0.6) is 0 Å². The quantitative estimate of drug-likeness (QED) is 0.658. The molecule has 0 saturated carbocycles. The highest BCUT2D eigenvalue weighted by Gasteiger charge is 2.19. The minimum atomic E-state index is -0.316. The van der Waals surface area contributed by atoms with Gasteiger partial charge in [-0.15, -0.1) is 0 Å². The standard InChI is InChI=1S/C18H17BrFN5/c1-24-4-6-25(7-5-24)18-15(20)8-12(10-21-18)17-14-9-13(19)2-3-16(14)22-11-23-17/h2-3,8-11H,4-7H2,1H3. The van der Waals surface area contributed by atoms with Crippen molar-refractivity contribution >= 4 is 32.7 Å². The van der Waals surface area contributed by atoms with E-state index in [2.05, 4.69) is 42.8 Å². The number of benzene rings is 1. The highest BCUT2D eigenvalue weighted by atomic mass is 79.9. The van der Waals surface area contributed by atoms with E-state index in [4.69, 9.17) is 0 Å². The van der Waals surface area contributed by atoms with Gasteiger partial charge in [-0.25, -0.2) is 19.3 Å². The largest absolute Gasteiger partial charge is 0.352 e. The number of piperazine rings is 1. The number of halogens is 2. The molecule has 2 aromatic heterocycles. The molecular formula is C18H17BrFN5. The van der Waals surface area contributed by atoms with Gasteiger partial charge in [-0.1, -0.05) is 15.9 Å². The van der Waals surface area contributed by atoms with Crippen LogP contribution in [0.25, 0.3) is 22.2 Å². The summed E-state index contributed by atoms with van der Waals surface area (Å²) in [6.45, 7) is 3.38. The summed E-state index contributed by atoms with van der Waals surface area (Å²) >= 11 is 3.47. The SMILES string of the molecule is CN1CCN(c2ncc(-c3ncnc4ccc(Br)cc34)cc2F)CC1. The molecule has 0 amide bonds. The zero-order valence-corrected chi connectivity index (χ0v) is 15.4. The summed E-state index contributed by atoms with van der Waals surface area (Å²) in [6.07, 6.45) is 3.19. The Labute approximate surface area is 153 Å². The molecule has 7 heteroatoms. The summed E-state index contributed by atoms with van der Waals surface area (Å²) in [4.78, 5) is 17.2. The third-order valence-electron chi connectivity index (χ3n) is 4.50. The van der Waals surface area contributed by atoms with E-state index in [9.17, 15) is 4.39 Å². The smallest absolute Gasteiger partial charge is 0.166 e. The topological polar surface area (TPSA) is 45.2 Å². The van der Waals surface area contributed by atoms with E-state index in [0.717, 1.165) is 41.6 Å². The Morgan fingerprint density at radius 1 is 1.04 bits per heavy atom. The maximum Gasteiger partial charge on any atom is 0.166 e. The van der Waals surface area contributed by atoms with Crippen molar-refractivity contribution in [1.82, 2.24) is 19.9 Å². The molecule has 25 heavy (non-hydrogen) atoms. The Morgan fingerprint density at radius 3 is 2.60 bits per heavy atom. The van der Waals surface area contributed by atoms with Gasteiger partial charge in [-0.3, -0.25) is 0 Å². The fourth-order valence-corrected chi connectivity index (χ4v) is 3.43. The number of hydrogen-bond donors (Lipinski definition) is 0. The van der Waals surface area contributed by atoms with E-state index < -0.39 is 0 Å². The number of rotatable bonds is 2. The van der Waals surface area contributed by atoms with Crippen LogP contribution in [-0.4, -0.2) is 53.1 Å². The van der Waals surface area contributed by atoms with E-state index >= 15 is 0 Å². The van der Waals surface area contributed by atoms with Crippen LogP contribution in [0.3, 0.4) is 0 Å². The highest BCUT2D eigenvalue weighted by Crippen LogP contribution is 2.29. The molecule has 0 aliphatic carbocycles. The van der Waals surface area contributed by atoms with E-state index in [1.165, 1.54) is 12.4 Å². The van der Waals surface area contributed by atoms with Crippen molar-refractivity contribution in [3.8, 4) is 11.3 Å². The maximum atomic E-state index is 14.7. The van der Waals surface area contributed by atoms with Crippen molar-refractivity contribution in [2.24, 2.45) is 0 Å². The van der Waals surface area contributed by atoms with Gasteiger partial charge in [-0.05, 0) is 31.3 Å². The number of fused-ring (bicyclic) bond motifs is 1. The van der Waals surface area contributed by atoms with Crippen molar-refractivity contribution < 1.29 is 4.39 Å². The lowest BCUT2D eigenvalue weighted by Gasteiger charge is -2.33. The monoisotopic (exact) mass is 401 g/mol. The van der Waals surface area contributed by atoms with Gasteiger partial charge in [0.1, 0.15) is 6.33 Å². The third kappa shape index (κ3) is 3.21.